The summed E-state index contributed by atoms with van der Waals surface area (Å²) in [6.45, 7) is 4.73. The van der Waals surface area contributed by atoms with Crippen LogP contribution in [0.15, 0.2) is 12.2 Å². The zero-order chi connectivity index (χ0) is 24.8. The normalized spacial score (nSPS) is 15.2. The van der Waals surface area contributed by atoms with Crippen molar-refractivity contribution in [3.63, 3.8) is 0 Å². The summed E-state index contributed by atoms with van der Waals surface area (Å²) in [5, 5.41) is 0. The van der Waals surface area contributed by atoms with Crippen molar-refractivity contribution in [3.05, 3.63) is 12.2 Å². The smallest absolute Gasteiger partial charge is 0.320 e. The second-order valence-corrected chi connectivity index (χ2v) is 12.8. The zero-order valence-electron chi connectivity index (χ0n) is 23.0. The molecular weight excluding hydrogens is 429 g/mol. The maximum atomic E-state index is 12.7. The van der Waals surface area contributed by atoms with Crippen LogP contribution in [0.2, 0.25) is 0 Å². The first-order valence-electron chi connectivity index (χ1n) is 14.2. The predicted molar refractivity (Wildman–Crippen MR) is 146 cm³/mol. The molecule has 0 bridgehead atoms. The minimum atomic E-state index is -3.57. The molecule has 0 aliphatic rings. The third kappa shape index (κ3) is 19.8. The summed E-state index contributed by atoms with van der Waals surface area (Å²) in [6, 6.07) is 0. The molecule has 2 atom stereocenters. The number of rotatable bonds is 24. The van der Waals surface area contributed by atoms with E-state index in [2.05, 4.69) is 26.0 Å². The van der Waals surface area contributed by atoms with Crippen molar-refractivity contribution in [1.82, 2.24) is 0 Å². The van der Waals surface area contributed by atoms with Gasteiger partial charge in [0.25, 0.3) is 0 Å². The lowest BCUT2D eigenvalue weighted by molar-refractivity contribution is -0.883. The van der Waals surface area contributed by atoms with Gasteiger partial charge in [-0.25, -0.2) is 0 Å². The minimum absolute atomic E-state index is 0.335. The molecule has 198 valence electrons. The van der Waals surface area contributed by atoms with Crippen LogP contribution in [0.4, 0.5) is 0 Å². The molecule has 0 amide bonds. The highest BCUT2D eigenvalue weighted by Crippen LogP contribution is 2.51. The van der Waals surface area contributed by atoms with Crippen LogP contribution in [0.5, 0.6) is 0 Å². The van der Waals surface area contributed by atoms with Gasteiger partial charge in [-0.2, -0.15) is 0 Å². The van der Waals surface area contributed by atoms with Crippen molar-refractivity contribution < 1.29 is 18.5 Å². The molecule has 0 aliphatic heterocycles. The fourth-order valence-corrected chi connectivity index (χ4v) is 6.43. The van der Waals surface area contributed by atoms with Gasteiger partial charge in [-0.3, -0.25) is 4.57 Å². The standard InChI is InChI=1S/C28H58NO3P/c1-6-8-9-10-11-12-13-14-15-16-17-18-19-20-21-22-23-24-25-27-32-33(30,31)28(26-7-2)29(3,4)5/h14-15,28H,6-13,16-27H2,1-5H3/p+1/b15-14-. The van der Waals surface area contributed by atoms with E-state index in [-0.39, 0.29) is 5.78 Å². The Morgan fingerprint density at radius 1 is 0.697 bits per heavy atom. The third-order valence-corrected chi connectivity index (χ3v) is 8.76. The Kier molecular flexibility index (Phi) is 21.1. The van der Waals surface area contributed by atoms with Crippen molar-refractivity contribution in [2.45, 2.75) is 142 Å². The van der Waals surface area contributed by atoms with Crippen LogP contribution in [-0.4, -0.2) is 42.9 Å². The first-order valence-corrected chi connectivity index (χ1v) is 15.8. The number of unbranched alkanes of at least 4 members (excludes halogenated alkanes) is 15. The van der Waals surface area contributed by atoms with Gasteiger partial charge in [0.15, 0.2) is 5.78 Å². The van der Waals surface area contributed by atoms with Crippen molar-refractivity contribution >= 4 is 7.60 Å². The predicted octanol–water partition coefficient (Wildman–Crippen LogP) is 9.23. The summed E-state index contributed by atoms with van der Waals surface area (Å²) < 4.78 is 18.6. The molecule has 0 aliphatic carbocycles. The Labute approximate surface area is 207 Å². The lowest BCUT2D eigenvalue weighted by Crippen LogP contribution is -2.45. The van der Waals surface area contributed by atoms with Gasteiger partial charge >= 0.3 is 7.60 Å². The average molecular weight is 489 g/mol. The van der Waals surface area contributed by atoms with E-state index < -0.39 is 7.60 Å². The first-order chi connectivity index (χ1) is 15.8. The Balaban J connectivity index is 3.51. The molecule has 0 spiro atoms. The second-order valence-electron chi connectivity index (χ2n) is 10.8. The summed E-state index contributed by atoms with van der Waals surface area (Å²) in [7, 11) is 2.35. The monoisotopic (exact) mass is 488 g/mol. The van der Waals surface area contributed by atoms with Crippen LogP contribution in [0.25, 0.3) is 0 Å². The van der Waals surface area contributed by atoms with Crippen LogP contribution in [-0.2, 0) is 9.09 Å². The lowest BCUT2D eigenvalue weighted by Gasteiger charge is -2.35. The maximum absolute atomic E-state index is 12.7. The fraction of sp³-hybridized carbons (Fsp3) is 0.929. The van der Waals surface area contributed by atoms with E-state index in [1.807, 2.05) is 21.1 Å². The van der Waals surface area contributed by atoms with Gasteiger partial charge in [-0.15, -0.1) is 0 Å². The highest BCUT2D eigenvalue weighted by atomic mass is 31.2. The van der Waals surface area contributed by atoms with Crippen LogP contribution in [0.1, 0.15) is 136 Å². The van der Waals surface area contributed by atoms with Crippen LogP contribution in [0.3, 0.4) is 0 Å². The molecule has 0 aromatic rings. The summed E-state index contributed by atoms with van der Waals surface area (Å²) in [5.74, 6) is -0.335. The van der Waals surface area contributed by atoms with Crippen LogP contribution < -0.4 is 0 Å². The van der Waals surface area contributed by atoms with E-state index in [1.54, 1.807) is 0 Å². The Hall–Kier alpha value is -0.150. The zero-order valence-corrected chi connectivity index (χ0v) is 23.9. The largest absolute Gasteiger partial charge is 0.385 e. The van der Waals surface area contributed by atoms with E-state index in [1.165, 1.54) is 96.3 Å². The van der Waals surface area contributed by atoms with Gasteiger partial charge in [-0.1, -0.05) is 103 Å². The number of nitrogens with zero attached hydrogens (tertiary/aromatic N) is 1. The van der Waals surface area contributed by atoms with Crippen molar-refractivity contribution in [3.8, 4) is 0 Å². The fourth-order valence-electron chi connectivity index (χ4n) is 4.41. The van der Waals surface area contributed by atoms with Gasteiger partial charge in [0.05, 0.1) is 27.7 Å². The molecule has 0 heterocycles. The molecule has 0 rings (SSSR count). The minimum Gasteiger partial charge on any atom is -0.320 e. The Morgan fingerprint density at radius 3 is 1.55 bits per heavy atom. The highest BCUT2D eigenvalue weighted by molar-refractivity contribution is 7.53. The van der Waals surface area contributed by atoms with Crippen molar-refractivity contribution in [2.75, 3.05) is 27.7 Å². The van der Waals surface area contributed by atoms with Crippen molar-refractivity contribution in [2.24, 2.45) is 0 Å². The molecule has 4 nitrogen and oxygen atoms in total. The number of hydrogen-bond donors (Lipinski definition) is 1. The van der Waals surface area contributed by atoms with E-state index in [4.69, 9.17) is 4.52 Å². The van der Waals surface area contributed by atoms with Gasteiger partial charge in [-0.05, 0) is 38.5 Å². The van der Waals surface area contributed by atoms with E-state index >= 15 is 0 Å². The summed E-state index contributed by atoms with van der Waals surface area (Å²) in [5.41, 5.74) is 0. The number of quaternary nitrogens is 1. The Morgan fingerprint density at radius 2 is 1.12 bits per heavy atom. The molecule has 0 saturated carbocycles. The molecule has 0 aromatic heterocycles. The number of allylic oxidation sites excluding steroid dienone is 2. The van der Waals surface area contributed by atoms with Gasteiger partial charge < -0.3 is 13.9 Å². The molecular formula is C28H59NO3P+. The Bertz CT molecular complexity index is 502. The topological polar surface area (TPSA) is 46.5 Å². The summed E-state index contributed by atoms with van der Waals surface area (Å²) in [6.07, 6.45) is 28.4. The maximum Gasteiger partial charge on any atom is 0.385 e. The van der Waals surface area contributed by atoms with Gasteiger partial charge in [0.1, 0.15) is 0 Å². The molecule has 1 N–H and O–H groups in total. The van der Waals surface area contributed by atoms with Crippen LogP contribution in [0, 0.1) is 0 Å². The first kappa shape index (κ1) is 32.8. The molecule has 0 fully saturated rings. The molecule has 0 radical (unpaired) electrons. The van der Waals surface area contributed by atoms with Gasteiger partial charge in [0.2, 0.25) is 0 Å². The van der Waals surface area contributed by atoms with Crippen LogP contribution >= 0.6 is 7.60 Å². The lowest BCUT2D eigenvalue weighted by atomic mass is 10.1. The van der Waals surface area contributed by atoms with E-state index in [9.17, 15) is 9.46 Å². The SMILES string of the molecule is CCCCCCCC/C=C\CCCCCCCCCCCOP(=O)(O)C(CCC)[N+](C)(C)C. The third-order valence-electron chi connectivity index (χ3n) is 6.50. The molecule has 33 heavy (non-hydrogen) atoms. The van der Waals surface area contributed by atoms with E-state index in [0.717, 1.165) is 19.3 Å². The summed E-state index contributed by atoms with van der Waals surface area (Å²) in [4.78, 5) is 10.4. The molecule has 0 aromatic carbocycles. The average Bonchev–Trinajstić information content (AvgIpc) is 2.75. The molecule has 2 unspecified atom stereocenters. The molecule has 5 heteroatoms. The highest BCUT2D eigenvalue weighted by Gasteiger charge is 2.41. The molecule has 0 saturated heterocycles. The summed E-state index contributed by atoms with van der Waals surface area (Å²) >= 11 is 0. The van der Waals surface area contributed by atoms with E-state index in [0.29, 0.717) is 17.5 Å². The van der Waals surface area contributed by atoms with Gasteiger partial charge in [0, 0.05) is 6.42 Å². The quantitative estimate of drug-likeness (QED) is 0.0637. The van der Waals surface area contributed by atoms with Crippen molar-refractivity contribution in [1.29, 1.82) is 0 Å². The number of hydrogen-bond acceptors (Lipinski definition) is 2. The second kappa shape index (κ2) is 21.2.